The van der Waals surface area contributed by atoms with Crippen LogP contribution < -0.4 is 20.3 Å². The van der Waals surface area contributed by atoms with E-state index in [4.69, 9.17) is 0 Å². The monoisotopic (exact) mass is 440 g/mol. The zero-order valence-corrected chi connectivity index (χ0v) is 16.1. The summed E-state index contributed by atoms with van der Waals surface area (Å²) in [6, 6.07) is 6.00. The number of aryl methyl sites for hydroxylation is 2. The summed E-state index contributed by atoms with van der Waals surface area (Å²) in [6.07, 6.45) is 0. The van der Waals surface area contributed by atoms with Crippen LogP contribution in [0.1, 0.15) is 11.1 Å². The van der Waals surface area contributed by atoms with Crippen LogP contribution in [-0.4, -0.2) is 15.2 Å². The average Bonchev–Trinajstić information content (AvgIpc) is 2.58. The highest BCUT2D eigenvalue weighted by molar-refractivity contribution is 9.10. The summed E-state index contributed by atoms with van der Waals surface area (Å²) in [5, 5.41) is 10.2. The normalized spacial score (nSPS) is 11.0. The van der Waals surface area contributed by atoms with Crippen LogP contribution in [0.5, 0.6) is 0 Å². The summed E-state index contributed by atoms with van der Waals surface area (Å²) in [5.41, 5.74) is 1.16. The molecule has 0 amide bonds. The Labute approximate surface area is 159 Å². The summed E-state index contributed by atoms with van der Waals surface area (Å²) in [5.74, 6) is -0.764. The molecule has 0 radical (unpaired) electrons. The molecule has 0 saturated heterocycles. The Balaban J connectivity index is 1.86. The minimum atomic E-state index is -0.873. The number of nitrogens with one attached hydrogen (secondary N) is 3. The highest BCUT2D eigenvalue weighted by atomic mass is 79.9. The maximum Gasteiger partial charge on any atom is 0.314 e. The Morgan fingerprint density at radius 3 is 2.19 bits per heavy atom. The van der Waals surface area contributed by atoms with Crippen LogP contribution >= 0.6 is 28.1 Å². The lowest BCUT2D eigenvalue weighted by Gasteiger charge is -2.18. The van der Waals surface area contributed by atoms with E-state index in [0.29, 0.717) is 4.47 Å². The molecule has 2 aromatic carbocycles. The maximum absolute atomic E-state index is 14.2. The number of H-pyrrole nitrogens is 2. The molecule has 0 fully saturated rings. The van der Waals surface area contributed by atoms with Gasteiger partial charge in [0, 0.05) is 16.2 Å². The highest BCUT2D eigenvalue weighted by Crippen LogP contribution is 2.30. The first-order valence-corrected chi connectivity index (χ1v) is 8.97. The number of hydrogen-bond acceptors (Lipinski definition) is 6. The van der Waals surface area contributed by atoms with Crippen LogP contribution in [-0.2, 0) is 0 Å². The van der Waals surface area contributed by atoms with Crippen molar-refractivity contribution in [3.05, 3.63) is 66.4 Å². The molecular formula is C16H14BrFN4O3S. The third-order valence-corrected chi connectivity index (χ3v) is 5.63. The van der Waals surface area contributed by atoms with Gasteiger partial charge in [0.2, 0.25) is 0 Å². The molecule has 0 bridgehead atoms. The van der Waals surface area contributed by atoms with E-state index in [9.17, 15) is 19.2 Å². The molecule has 0 spiro atoms. The number of aromatic amines is 2. The first kappa shape index (κ1) is 18.5. The van der Waals surface area contributed by atoms with Crippen LogP contribution in [0.25, 0.3) is 11.0 Å². The molecule has 10 heteroatoms. The first-order chi connectivity index (χ1) is 12.3. The zero-order chi connectivity index (χ0) is 19.0. The van der Waals surface area contributed by atoms with E-state index in [1.807, 2.05) is 26.0 Å². The summed E-state index contributed by atoms with van der Waals surface area (Å²) in [6.45, 7) is 3.87. The van der Waals surface area contributed by atoms with E-state index >= 15 is 0 Å². The first-order valence-electron chi connectivity index (χ1n) is 7.41. The van der Waals surface area contributed by atoms with Crippen molar-refractivity contribution in [2.45, 2.75) is 13.8 Å². The van der Waals surface area contributed by atoms with E-state index in [2.05, 4.69) is 30.6 Å². The standard InChI is InChI=1S/C16H14BrFN4O3S/c1-7-3-9(4-8(2)14(7)17)21-26-22(25)13-6-12-11(5-10(13)18)19-15(23)16(24)20-12/h3-6,21,25H,1-2H3,(H,19,23)(H,20,24). The topological polar surface area (TPSA) is 101 Å². The molecule has 26 heavy (non-hydrogen) atoms. The molecule has 7 nitrogen and oxygen atoms in total. The van der Waals surface area contributed by atoms with Gasteiger partial charge in [0.05, 0.1) is 23.2 Å². The lowest BCUT2D eigenvalue weighted by Crippen LogP contribution is -2.29. The number of aromatic nitrogens is 2. The third-order valence-electron chi connectivity index (χ3n) is 3.68. The fraction of sp³-hybridized carbons (Fsp3) is 0.125. The summed E-state index contributed by atoms with van der Waals surface area (Å²) in [4.78, 5) is 27.3. The minimum absolute atomic E-state index is 0.126. The largest absolute Gasteiger partial charge is 0.316 e. The van der Waals surface area contributed by atoms with Gasteiger partial charge in [-0.1, -0.05) is 15.9 Å². The van der Waals surface area contributed by atoms with Crippen LogP contribution in [0.15, 0.2) is 38.3 Å². The number of nitrogens with zero attached hydrogens (tertiary/aromatic N) is 1. The summed E-state index contributed by atoms with van der Waals surface area (Å²) >= 11 is 4.23. The van der Waals surface area contributed by atoms with Crippen molar-refractivity contribution in [3.63, 3.8) is 0 Å². The Bertz CT molecular complexity index is 1090. The molecule has 1 aromatic heterocycles. The number of anilines is 2. The molecule has 0 unspecified atom stereocenters. The van der Waals surface area contributed by atoms with Crippen molar-refractivity contribution >= 4 is 50.5 Å². The van der Waals surface area contributed by atoms with Crippen LogP contribution in [0, 0.1) is 19.7 Å². The van der Waals surface area contributed by atoms with Gasteiger partial charge >= 0.3 is 11.1 Å². The van der Waals surface area contributed by atoms with Crippen molar-refractivity contribution in [1.29, 1.82) is 0 Å². The molecule has 4 N–H and O–H groups in total. The van der Waals surface area contributed by atoms with Gasteiger partial charge in [-0.3, -0.25) is 14.8 Å². The molecule has 0 aliphatic carbocycles. The Morgan fingerprint density at radius 1 is 1.08 bits per heavy atom. The summed E-state index contributed by atoms with van der Waals surface area (Å²) < 4.78 is 18.8. The average molecular weight is 441 g/mol. The second-order valence-electron chi connectivity index (χ2n) is 5.65. The van der Waals surface area contributed by atoms with Gasteiger partial charge in [-0.2, -0.15) is 4.47 Å². The Hall–Kier alpha value is -2.30. The van der Waals surface area contributed by atoms with Gasteiger partial charge in [-0.15, -0.1) is 0 Å². The second kappa shape index (κ2) is 7.14. The van der Waals surface area contributed by atoms with Gasteiger partial charge in [-0.05, 0) is 43.2 Å². The van der Waals surface area contributed by atoms with Crippen molar-refractivity contribution in [2.24, 2.45) is 0 Å². The number of fused-ring (bicyclic) bond motifs is 1. The van der Waals surface area contributed by atoms with Crippen LogP contribution in [0.3, 0.4) is 0 Å². The second-order valence-corrected chi connectivity index (χ2v) is 7.17. The van der Waals surface area contributed by atoms with Gasteiger partial charge < -0.3 is 14.7 Å². The molecule has 0 aliphatic heterocycles. The van der Waals surface area contributed by atoms with E-state index < -0.39 is 16.9 Å². The van der Waals surface area contributed by atoms with E-state index in [1.165, 1.54) is 6.07 Å². The molecule has 0 aliphatic rings. The van der Waals surface area contributed by atoms with Crippen LogP contribution in [0.4, 0.5) is 15.8 Å². The Kier molecular flexibility index (Phi) is 5.08. The van der Waals surface area contributed by atoms with Gasteiger partial charge in [-0.25, -0.2) is 4.39 Å². The fourth-order valence-corrected chi connectivity index (χ4v) is 3.20. The predicted molar refractivity (Wildman–Crippen MR) is 104 cm³/mol. The number of benzene rings is 2. The van der Waals surface area contributed by atoms with Crippen molar-refractivity contribution in [1.82, 2.24) is 9.97 Å². The van der Waals surface area contributed by atoms with Crippen LogP contribution in [0.2, 0.25) is 0 Å². The lowest BCUT2D eigenvalue weighted by atomic mass is 10.1. The van der Waals surface area contributed by atoms with E-state index in [0.717, 1.165) is 39.5 Å². The van der Waals surface area contributed by atoms with Crippen molar-refractivity contribution < 1.29 is 9.60 Å². The highest BCUT2D eigenvalue weighted by Gasteiger charge is 2.14. The van der Waals surface area contributed by atoms with E-state index in [1.54, 1.807) is 0 Å². The number of hydrogen-bond donors (Lipinski definition) is 4. The SMILES string of the molecule is Cc1cc(NSN(O)c2cc3[nH]c(=O)c(=O)[nH]c3cc2F)cc(C)c1Br. The Morgan fingerprint density at radius 2 is 1.62 bits per heavy atom. The molecular weight excluding hydrogens is 427 g/mol. The van der Waals surface area contributed by atoms with Gasteiger partial charge in [0.25, 0.3) is 0 Å². The third kappa shape index (κ3) is 3.62. The predicted octanol–water partition coefficient (Wildman–Crippen LogP) is 3.61. The molecule has 136 valence electrons. The fourth-order valence-electron chi connectivity index (χ4n) is 2.42. The zero-order valence-electron chi connectivity index (χ0n) is 13.7. The molecule has 3 rings (SSSR count). The maximum atomic E-state index is 14.2. The summed E-state index contributed by atoms with van der Waals surface area (Å²) in [7, 11) is 0. The van der Waals surface area contributed by atoms with Crippen molar-refractivity contribution in [3.8, 4) is 0 Å². The minimum Gasteiger partial charge on any atom is -0.316 e. The lowest BCUT2D eigenvalue weighted by molar-refractivity contribution is 0.328. The molecule has 0 saturated carbocycles. The smallest absolute Gasteiger partial charge is 0.314 e. The number of halogens is 2. The molecule has 3 aromatic rings. The van der Waals surface area contributed by atoms with E-state index in [-0.39, 0.29) is 16.7 Å². The quantitative estimate of drug-likeness (QED) is 0.281. The molecule has 1 heterocycles. The number of rotatable bonds is 4. The molecule has 0 atom stereocenters. The van der Waals surface area contributed by atoms with Crippen molar-refractivity contribution in [2.75, 3.05) is 9.19 Å². The van der Waals surface area contributed by atoms with Gasteiger partial charge in [0.1, 0.15) is 5.69 Å². The van der Waals surface area contributed by atoms with Gasteiger partial charge in [0.15, 0.2) is 5.82 Å².